The van der Waals surface area contributed by atoms with Crippen LogP contribution < -0.4 is 11.1 Å². The number of thiazole rings is 1. The molecule has 1 heterocycles. The van der Waals surface area contributed by atoms with E-state index < -0.39 is 0 Å². The van der Waals surface area contributed by atoms with Crippen molar-refractivity contribution < 1.29 is 4.79 Å². The number of carbonyl (C=O) groups excluding carboxylic acids is 1. The van der Waals surface area contributed by atoms with E-state index in [2.05, 4.69) is 10.3 Å². The highest BCUT2D eigenvalue weighted by Crippen LogP contribution is 2.32. The summed E-state index contributed by atoms with van der Waals surface area (Å²) in [5.74, 6) is -0.145. The molecule has 0 atom stereocenters. The number of hydrogen-bond acceptors (Lipinski definition) is 4. The van der Waals surface area contributed by atoms with Crippen LogP contribution in [0.15, 0.2) is 30.3 Å². The maximum absolute atomic E-state index is 10.9. The van der Waals surface area contributed by atoms with Crippen molar-refractivity contribution in [1.82, 2.24) is 4.98 Å². The molecular weight excluding hydrogens is 222 g/mol. The molecule has 4 nitrogen and oxygen atoms in total. The van der Waals surface area contributed by atoms with Gasteiger partial charge in [-0.1, -0.05) is 41.7 Å². The molecule has 0 fully saturated rings. The SMILES string of the molecule is CC(=O)Nc1nc(-c2ccccc2)c(N)s1. The minimum atomic E-state index is -0.145. The van der Waals surface area contributed by atoms with Crippen molar-refractivity contribution in [3.05, 3.63) is 30.3 Å². The lowest BCUT2D eigenvalue weighted by atomic mass is 10.2. The lowest BCUT2D eigenvalue weighted by Crippen LogP contribution is -2.04. The maximum atomic E-state index is 10.9. The summed E-state index contributed by atoms with van der Waals surface area (Å²) in [5.41, 5.74) is 7.52. The Morgan fingerprint density at radius 1 is 1.38 bits per heavy atom. The lowest BCUT2D eigenvalue weighted by molar-refractivity contribution is -0.114. The van der Waals surface area contributed by atoms with Crippen molar-refractivity contribution in [2.75, 3.05) is 11.1 Å². The molecule has 82 valence electrons. The van der Waals surface area contributed by atoms with Crippen LogP contribution in [0.2, 0.25) is 0 Å². The van der Waals surface area contributed by atoms with Crippen molar-refractivity contribution >= 4 is 27.4 Å². The van der Waals surface area contributed by atoms with Gasteiger partial charge in [0.2, 0.25) is 5.91 Å². The van der Waals surface area contributed by atoms with Crippen LogP contribution in [0.25, 0.3) is 11.3 Å². The molecule has 2 aromatic rings. The summed E-state index contributed by atoms with van der Waals surface area (Å²) in [7, 11) is 0. The predicted octanol–water partition coefficient (Wildman–Crippen LogP) is 2.35. The highest BCUT2D eigenvalue weighted by atomic mass is 32.1. The fraction of sp³-hybridized carbons (Fsp3) is 0.0909. The molecule has 0 saturated carbocycles. The number of amides is 1. The number of carbonyl (C=O) groups is 1. The number of hydrogen-bond donors (Lipinski definition) is 2. The molecule has 3 N–H and O–H groups in total. The molecule has 0 bridgehead atoms. The molecule has 5 heteroatoms. The van der Waals surface area contributed by atoms with Crippen LogP contribution in [0.4, 0.5) is 10.1 Å². The first kappa shape index (κ1) is 10.6. The monoisotopic (exact) mass is 233 g/mol. The second-order valence-electron chi connectivity index (χ2n) is 3.28. The van der Waals surface area contributed by atoms with Gasteiger partial charge in [-0.2, -0.15) is 0 Å². The van der Waals surface area contributed by atoms with Gasteiger partial charge in [0, 0.05) is 12.5 Å². The molecule has 0 spiro atoms. The van der Waals surface area contributed by atoms with Gasteiger partial charge in [-0.15, -0.1) is 0 Å². The number of aromatic nitrogens is 1. The molecule has 0 aliphatic carbocycles. The van der Waals surface area contributed by atoms with Gasteiger partial charge in [0.25, 0.3) is 0 Å². The van der Waals surface area contributed by atoms with Crippen molar-refractivity contribution in [3.8, 4) is 11.3 Å². The summed E-state index contributed by atoms with van der Waals surface area (Å²) >= 11 is 1.27. The van der Waals surface area contributed by atoms with Gasteiger partial charge >= 0.3 is 0 Å². The molecular formula is C11H11N3OS. The van der Waals surface area contributed by atoms with E-state index in [-0.39, 0.29) is 5.91 Å². The van der Waals surface area contributed by atoms with Gasteiger partial charge in [0.15, 0.2) is 5.13 Å². The fourth-order valence-corrected chi connectivity index (χ4v) is 2.14. The average Bonchev–Trinajstić information content (AvgIpc) is 2.60. The van der Waals surface area contributed by atoms with Crippen molar-refractivity contribution in [2.45, 2.75) is 6.92 Å². The predicted molar refractivity (Wildman–Crippen MR) is 66.3 cm³/mol. The van der Waals surface area contributed by atoms with E-state index in [1.54, 1.807) is 0 Å². The van der Waals surface area contributed by atoms with Gasteiger partial charge in [-0.3, -0.25) is 4.79 Å². The number of rotatable bonds is 2. The summed E-state index contributed by atoms with van der Waals surface area (Å²) in [4.78, 5) is 15.2. The van der Waals surface area contributed by atoms with Gasteiger partial charge in [0.05, 0.1) is 0 Å². The Kier molecular flexibility index (Phi) is 2.87. The van der Waals surface area contributed by atoms with Crippen LogP contribution in [0, 0.1) is 0 Å². The number of anilines is 2. The van der Waals surface area contributed by atoms with E-state index in [1.165, 1.54) is 18.3 Å². The highest BCUT2D eigenvalue weighted by molar-refractivity contribution is 7.20. The molecule has 1 amide bonds. The largest absolute Gasteiger partial charge is 0.389 e. The third kappa shape index (κ3) is 2.20. The Balaban J connectivity index is 2.36. The first-order valence-corrected chi connectivity index (χ1v) is 5.58. The van der Waals surface area contributed by atoms with E-state index in [1.807, 2.05) is 30.3 Å². The summed E-state index contributed by atoms with van der Waals surface area (Å²) < 4.78 is 0. The Morgan fingerprint density at radius 2 is 2.06 bits per heavy atom. The molecule has 0 aliphatic rings. The quantitative estimate of drug-likeness (QED) is 0.836. The second-order valence-corrected chi connectivity index (χ2v) is 4.31. The zero-order valence-electron chi connectivity index (χ0n) is 8.73. The number of nitrogens with one attached hydrogen (secondary N) is 1. The van der Waals surface area contributed by atoms with Gasteiger partial charge in [0.1, 0.15) is 10.7 Å². The second kappa shape index (κ2) is 4.32. The summed E-state index contributed by atoms with van der Waals surface area (Å²) in [6, 6.07) is 9.64. The van der Waals surface area contributed by atoms with Crippen LogP contribution in [0.1, 0.15) is 6.92 Å². The van der Waals surface area contributed by atoms with E-state index in [0.29, 0.717) is 15.8 Å². The van der Waals surface area contributed by atoms with Gasteiger partial charge in [-0.25, -0.2) is 4.98 Å². The van der Waals surface area contributed by atoms with Crippen LogP contribution in [0.5, 0.6) is 0 Å². The molecule has 1 aromatic heterocycles. The molecule has 16 heavy (non-hydrogen) atoms. The van der Waals surface area contributed by atoms with Crippen LogP contribution in [0.3, 0.4) is 0 Å². The van der Waals surface area contributed by atoms with Crippen molar-refractivity contribution in [1.29, 1.82) is 0 Å². The summed E-state index contributed by atoms with van der Waals surface area (Å²) in [6.07, 6.45) is 0. The Bertz CT molecular complexity index is 507. The van der Waals surface area contributed by atoms with Crippen LogP contribution in [-0.4, -0.2) is 10.9 Å². The smallest absolute Gasteiger partial charge is 0.223 e. The Hall–Kier alpha value is -1.88. The standard InChI is InChI=1S/C11H11N3OS/c1-7(15)13-11-14-9(10(12)16-11)8-5-3-2-4-6-8/h2-6H,12H2,1H3,(H,13,14,15). The summed E-state index contributed by atoms with van der Waals surface area (Å²) in [5, 5.41) is 3.76. The fourth-order valence-electron chi connectivity index (χ4n) is 1.34. The van der Waals surface area contributed by atoms with Crippen molar-refractivity contribution in [3.63, 3.8) is 0 Å². The third-order valence-electron chi connectivity index (χ3n) is 1.98. The number of benzene rings is 1. The minimum absolute atomic E-state index is 0.145. The molecule has 2 rings (SSSR count). The number of nitrogens with two attached hydrogens (primary N) is 1. The Morgan fingerprint density at radius 3 is 2.69 bits per heavy atom. The zero-order chi connectivity index (χ0) is 11.5. The van der Waals surface area contributed by atoms with Gasteiger partial charge in [-0.05, 0) is 0 Å². The van der Waals surface area contributed by atoms with Crippen LogP contribution >= 0.6 is 11.3 Å². The number of nitrogens with zero attached hydrogens (tertiary/aromatic N) is 1. The first-order valence-electron chi connectivity index (χ1n) is 4.76. The van der Waals surface area contributed by atoms with Crippen molar-refractivity contribution in [2.24, 2.45) is 0 Å². The molecule has 0 saturated heterocycles. The average molecular weight is 233 g/mol. The first-order chi connectivity index (χ1) is 7.66. The highest BCUT2D eigenvalue weighted by Gasteiger charge is 2.10. The van der Waals surface area contributed by atoms with E-state index >= 15 is 0 Å². The number of nitrogen functional groups attached to an aromatic ring is 1. The van der Waals surface area contributed by atoms with E-state index in [4.69, 9.17) is 5.73 Å². The normalized spacial score (nSPS) is 10.1. The van der Waals surface area contributed by atoms with E-state index in [9.17, 15) is 4.79 Å². The zero-order valence-corrected chi connectivity index (χ0v) is 9.54. The van der Waals surface area contributed by atoms with Gasteiger partial charge < -0.3 is 11.1 Å². The maximum Gasteiger partial charge on any atom is 0.223 e. The topological polar surface area (TPSA) is 68.0 Å². The molecule has 0 radical (unpaired) electrons. The third-order valence-corrected chi connectivity index (χ3v) is 2.78. The molecule has 0 aliphatic heterocycles. The lowest BCUT2D eigenvalue weighted by Gasteiger charge is -1.96. The molecule has 0 unspecified atom stereocenters. The van der Waals surface area contributed by atoms with Crippen LogP contribution in [-0.2, 0) is 4.79 Å². The Labute approximate surface area is 97.1 Å². The minimum Gasteiger partial charge on any atom is -0.389 e. The summed E-state index contributed by atoms with van der Waals surface area (Å²) in [6.45, 7) is 1.44. The van der Waals surface area contributed by atoms with E-state index in [0.717, 1.165) is 5.56 Å². The molecule has 1 aromatic carbocycles.